The van der Waals surface area contributed by atoms with E-state index < -0.39 is 0 Å². The molecular formula is C18H19N5. The van der Waals surface area contributed by atoms with E-state index in [-0.39, 0.29) is 0 Å². The third-order valence-electron chi connectivity index (χ3n) is 3.36. The maximum atomic E-state index is 4.49. The van der Waals surface area contributed by atoms with Gasteiger partial charge in [0.25, 0.3) is 0 Å². The summed E-state index contributed by atoms with van der Waals surface area (Å²) in [6, 6.07) is 12.1. The molecule has 5 nitrogen and oxygen atoms in total. The van der Waals surface area contributed by atoms with Crippen LogP contribution in [-0.2, 0) is 6.54 Å². The lowest BCUT2D eigenvalue weighted by Crippen LogP contribution is -2.04. The molecular weight excluding hydrogens is 286 g/mol. The summed E-state index contributed by atoms with van der Waals surface area (Å²) in [6.07, 6.45) is 5.31. The van der Waals surface area contributed by atoms with Gasteiger partial charge in [0.05, 0.1) is 0 Å². The van der Waals surface area contributed by atoms with Gasteiger partial charge in [-0.1, -0.05) is 6.07 Å². The molecule has 0 amide bonds. The number of rotatable bonds is 5. The van der Waals surface area contributed by atoms with Gasteiger partial charge in [0, 0.05) is 30.8 Å². The van der Waals surface area contributed by atoms with Crippen molar-refractivity contribution in [2.45, 2.75) is 20.4 Å². The molecule has 5 heteroatoms. The topological polar surface area (TPSA) is 62.7 Å². The van der Waals surface area contributed by atoms with E-state index in [0.717, 1.165) is 17.1 Å². The van der Waals surface area contributed by atoms with Crippen molar-refractivity contribution >= 4 is 17.5 Å². The van der Waals surface area contributed by atoms with E-state index in [1.807, 2.05) is 18.2 Å². The van der Waals surface area contributed by atoms with Gasteiger partial charge in [-0.25, -0.2) is 4.98 Å². The lowest BCUT2D eigenvalue weighted by atomic mass is 10.1. The van der Waals surface area contributed by atoms with Gasteiger partial charge < -0.3 is 10.6 Å². The molecule has 0 unspecified atom stereocenters. The summed E-state index contributed by atoms with van der Waals surface area (Å²) >= 11 is 0. The fourth-order valence-electron chi connectivity index (χ4n) is 2.39. The molecule has 0 atom stereocenters. The molecule has 2 aromatic heterocycles. The van der Waals surface area contributed by atoms with E-state index in [9.17, 15) is 0 Å². The molecule has 3 aromatic rings. The van der Waals surface area contributed by atoms with Crippen molar-refractivity contribution in [2.24, 2.45) is 0 Å². The first kappa shape index (κ1) is 15.0. The van der Waals surface area contributed by atoms with Crippen LogP contribution in [0.3, 0.4) is 0 Å². The second-order valence-corrected chi connectivity index (χ2v) is 5.48. The van der Waals surface area contributed by atoms with E-state index >= 15 is 0 Å². The van der Waals surface area contributed by atoms with Crippen molar-refractivity contribution in [3.05, 3.63) is 71.7 Å². The van der Waals surface area contributed by atoms with Crippen LogP contribution >= 0.6 is 0 Å². The number of aryl methyl sites for hydroxylation is 2. The molecule has 116 valence electrons. The van der Waals surface area contributed by atoms with Gasteiger partial charge in [-0.05, 0) is 60.9 Å². The van der Waals surface area contributed by atoms with Crippen LogP contribution in [0.1, 0.15) is 16.7 Å². The second kappa shape index (κ2) is 6.87. The van der Waals surface area contributed by atoms with Gasteiger partial charge >= 0.3 is 0 Å². The molecule has 3 rings (SSSR count). The van der Waals surface area contributed by atoms with Crippen molar-refractivity contribution in [3.63, 3.8) is 0 Å². The van der Waals surface area contributed by atoms with Gasteiger partial charge in [0.15, 0.2) is 0 Å². The normalized spacial score (nSPS) is 10.3. The van der Waals surface area contributed by atoms with Crippen LogP contribution in [0, 0.1) is 13.8 Å². The van der Waals surface area contributed by atoms with Crippen LogP contribution in [-0.4, -0.2) is 15.0 Å². The number of nitrogens with zero attached hydrogens (tertiary/aromatic N) is 3. The van der Waals surface area contributed by atoms with Crippen molar-refractivity contribution in [1.29, 1.82) is 0 Å². The number of hydrogen-bond donors (Lipinski definition) is 2. The number of aromatic nitrogens is 3. The van der Waals surface area contributed by atoms with Gasteiger partial charge in [0.2, 0.25) is 5.95 Å². The minimum atomic E-state index is 0.578. The second-order valence-electron chi connectivity index (χ2n) is 5.48. The molecule has 0 spiro atoms. The smallest absolute Gasteiger partial charge is 0.229 e. The standard InChI is InChI=1S/C18H19N5/c1-13-9-14(2)11-16(10-13)22-18-20-8-5-17(23-18)21-12-15-3-6-19-7-4-15/h3-11H,12H2,1-2H3,(H2,20,21,22,23). The first-order valence-corrected chi connectivity index (χ1v) is 7.50. The molecule has 0 aliphatic rings. The van der Waals surface area contributed by atoms with Gasteiger partial charge in [-0.2, -0.15) is 4.98 Å². The van der Waals surface area contributed by atoms with Crippen LogP contribution in [0.5, 0.6) is 0 Å². The number of benzene rings is 1. The highest BCUT2D eigenvalue weighted by Gasteiger charge is 2.02. The number of nitrogens with one attached hydrogen (secondary N) is 2. The Labute approximate surface area is 135 Å². The molecule has 0 saturated heterocycles. The number of anilines is 3. The molecule has 0 radical (unpaired) electrons. The Morgan fingerprint density at radius 2 is 1.65 bits per heavy atom. The summed E-state index contributed by atoms with van der Waals surface area (Å²) in [4.78, 5) is 12.8. The Morgan fingerprint density at radius 1 is 0.913 bits per heavy atom. The Morgan fingerprint density at radius 3 is 2.39 bits per heavy atom. The Kier molecular flexibility index (Phi) is 4.47. The molecule has 23 heavy (non-hydrogen) atoms. The first-order chi connectivity index (χ1) is 11.2. The van der Waals surface area contributed by atoms with Crippen LogP contribution in [0.4, 0.5) is 17.5 Å². The zero-order chi connectivity index (χ0) is 16.1. The molecule has 0 saturated carbocycles. The molecule has 0 fully saturated rings. The lowest BCUT2D eigenvalue weighted by molar-refractivity contribution is 1.07. The Hall–Kier alpha value is -2.95. The summed E-state index contributed by atoms with van der Waals surface area (Å²) in [7, 11) is 0. The van der Waals surface area contributed by atoms with Crippen LogP contribution in [0.15, 0.2) is 55.0 Å². The Bertz CT molecular complexity index is 766. The zero-order valence-electron chi connectivity index (χ0n) is 13.2. The lowest BCUT2D eigenvalue weighted by Gasteiger charge is -2.09. The summed E-state index contributed by atoms with van der Waals surface area (Å²) in [5.41, 5.74) is 4.56. The summed E-state index contributed by atoms with van der Waals surface area (Å²) < 4.78 is 0. The number of pyridine rings is 1. The van der Waals surface area contributed by atoms with Crippen LogP contribution < -0.4 is 10.6 Å². The largest absolute Gasteiger partial charge is 0.366 e. The third-order valence-corrected chi connectivity index (χ3v) is 3.36. The van der Waals surface area contributed by atoms with Crippen molar-refractivity contribution in [2.75, 3.05) is 10.6 Å². The first-order valence-electron chi connectivity index (χ1n) is 7.50. The molecule has 2 N–H and O–H groups in total. The van der Waals surface area contributed by atoms with Crippen LogP contribution in [0.25, 0.3) is 0 Å². The third kappa shape index (κ3) is 4.26. The monoisotopic (exact) mass is 305 g/mol. The SMILES string of the molecule is Cc1cc(C)cc(Nc2nccc(NCc3ccncc3)n2)c1. The minimum Gasteiger partial charge on any atom is -0.366 e. The number of hydrogen-bond acceptors (Lipinski definition) is 5. The quantitative estimate of drug-likeness (QED) is 0.750. The molecule has 0 bridgehead atoms. The Balaban J connectivity index is 1.69. The van der Waals surface area contributed by atoms with E-state index in [1.54, 1.807) is 18.6 Å². The van der Waals surface area contributed by atoms with Crippen molar-refractivity contribution in [1.82, 2.24) is 15.0 Å². The average molecular weight is 305 g/mol. The van der Waals surface area contributed by atoms with E-state index in [1.165, 1.54) is 11.1 Å². The summed E-state index contributed by atoms with van der Waals surface area (Å²) in [5.74, 6) is 1.36. The maximum absolute atomic E-state index is 4.49. The molecule has 2 heterocycles. The minimum absolute atomic E-state index is 0.578. The predicted octanol–water partition coefficient (Wildman–Crippen LogP) is 3.84. The predicted molar refractivity (Wildman–Crippen MR) is 92.8 cm³/mol. The van der Waals surface area contributed by atoms with Crippen LogP contribution in [0.2, 0.25) is 0 Å². The van der Waals surface area contributed by atoms with Crippen molar-refractivity contribution in [3.8, 4) is 0 Å². The highest BCUT2D eigenvalue weighted by Crippen LogP contribution is 2.18. The molecule has 0 aliphatic heterocycles. The molecule has 1 aromatic carbocycles. The fourth-order valence-corrected chi connectivity index (χ4v) is 2.39. The van der Waals surface area contributed by atoms with E-state index in [0.29, 0.717) is 12.5 Å². The summed E-state index contributed by atoms with van der Waals surface area (Å²) in [6.45, 7) is 4.85. The van der Waals surface area contributed by atoms with Crippen molar-refractivity contribution < 1.29 is 0 Å². The van der Waals surface area contributed by atoms with Gasteiger partial charge in [-0.3, -0.25) is 4.98 Å². The highest BCUT2D eigenvalue weighted by molar-refractivity contribution is 5.57. The molecule has 0 aliphatic carbocycles. The van der Waals surface area contributed by atoms with E-state index in [4.69, 9.17) is 0 Å². The average Bonchev–Trinajstić information content (AvgIpc) is 2.53. The van der Waals surface area contributed by atoms with Gasteiger partial charge in [-0.15, -0.1) is 0 Å². The fraction of sp³-hybridized carbons (Fsp3) is 0.167. The summed E-state index contributed by atoms with van der Waals surface area (Å²) in [5, 5.41) is 6.54. The zero-order valence-corrected chi connectivity index (χ0v) is 13.2. The van der Waals surface area contributed by atoms with E-state index in [2.05, 4.69) is 57.6 Å². The highest BCUT2D eigenvalue weighted by atomic mass is 15.1. The van der Waals surface area contributed by atoms with Gasteiger partial charge in [0.1, 0.15) is 5.82 Å². The maximum Gasteiger partial charge on any atom is 0.229 e.